The lowest BCUT2D eigenvalue weighted by molar-refractivity contribution is 0.174. The van der Waals surface area contributed by atoms with Crippen LogP contribution in [0.2, 0.25) is 0 Å². The summed E-state index contributed by atoms with van der Waals surface area (Å²) in [5.74, 6) is 2.29. The van der Waals surface area contributed by atoms with Crippen molar-refractivity contribution in [2.75, 3.05) is 12.1 Å². The molecule has 5 heteroatoms. The number of aromatic nitrogens is 2. The second-order valence-corrected chi connectivity index (χ2v) is 5.70. The molecule has 0 unspecified atom stereocenters. The summed E-state index contributed by atoms with van der Waals surface area (Å²) in [4.78, 5) is 8.86. The highest BCUT2D eigenvalue weighted by Gasteiger charge is 2.15. The molecule has 0 bridgehead atoms. The van der Waals surface area contributed by atoms with Gasteiger partial charge in [0, 0.05) is 22.9 Å². The zero-order chi connectivity index (χ0) is 16.5. The van der Waals surface area contributed by atoms with E-state index in [9.17, 15) is 0 Å². The molecule has 1 N–H and O–H groups in total. The van der Waals surface area contributed by atoms with Crippen molar-refractivity contribution in [2.24, 2.45) is 0 Å². The molecule has 1 aliphatic rings. The molecule has 0 spiro atoms. The van der Waals surface area contributed by atoms with Crippen LogP contribution in [0.5, 0.6) is 11.5 Å². The summed E-state index contributed by atoms with van der Waals surface area (Å²) < 4.78 is 10.8. The van der Waals surface area contributed by atoms with Crippen LogP contribution in [-0.4, -0.2) is 16.8 Å². The van der Waals surface area contributed by atoms with Crippen LogP contribution in [0.25, 0.3) is 11.3 Å². The Kier molecular flexibility index (Phi) is 3.54. The van der Waals surface area contributed by atoms with Gasteiger partial charge >= 0.3 is 0 Å². The second-order valence-electron chi connectivity index (χ2n) is 5.70. The van der Waals surface area contributed by atoms with Gasteiger partial charge in [0.2, 0.25) is 6.79 Å². The molecule has 0 atom stereocenters. The van der Waals surface area contributed by atoms with Crippen LogP contribution in [-0.2, 0) is 0 Å². The smallest absolute Gasteiger partial charge is 0.231 e. The summed E-state index contributed by atoms with van der Waals surface area (Å²) in [5.41, 5.74) is 5.15. The van der Waals surface area contributed by atoms with Crippen molar-refractivity contribution < 1.29 is 9.47 Å². The largest absolute Gasteiger partial charge is 0.454 e. The summed E-state index contributed by atoms with van der Waals surface area (Å²) in [6.45, 7) is 4.38. The minimum absolute atomic E-state index is 0.267. The van der Waals surface area contributed by atoms with Gasteiger partial charge in [-0.3, -0.25) is 0 Å². The van der Waals surface area contributed by atoms with Gasteiger partial charge in [-0.15, -0.1) is 0 Å². The second kappa shape index (κ2) is 5.85. The van der Waals surface area contributed by atoms with E-state index in [0.717, 1.165) is 39.8 Å². The van der Waals surface area contributed by atoms with E-state index in [1.54, 1.807) is 6.33 Å². The number of aryl methyl sites for hydroxylation is 1. The summed E-state index contributed by atoms with van der Waals surface area (Å²) in [6, 6.07) is 14.0. The fraction of sp³-hybridized carbons (Fsp3) is 0.158. The van der Waals surface area contributed by atoms with Gasteiger partial charge < -0.3 is 14.8 Å². The Morgan fingerprint density at radius 1 is 0.958 bits per heavy atom. The Hall–Kier alpha value is -3.08. The van der Waals surface area contributed by atoms with E-state index in [0.29, 0.717) is 0 Å². The van der Waals surface area contributed by atoms with Gasteiger partial charge in [-0.1, -0.05) is 24.3 Å². The minimum Gasteiger partial charge on any atom is -0.454 e. The third kappa shape index (κ3) is 2.54. The zero-order valence-electron chi connectivity index (χ0n) is 13.5. The van der Waals surface area contributed by atoms with E-state index in [1.165, 1.54) is 5.56 Å². The zero-order valence-corrected chi connectivity index (χ0v) is 13.5. The summed E-state index contributed by atoms with van der Waals surface area (Å²) in [5, 5.41) is 3.34. The molecule has 2 aromatic carbocycles. The first-order chi connectivity index (χ1) is 11.7. The van der Waals surface area contributed by atoms with Gasteiger partial charge in [0.1, 0.15) is 12.1 Å². The van der Waals surface area contributed by atoms with Crippen LogP contribution in [0.15, 0.2) is 48.8 Å². The molecule has 4 rings (SSSR count). The third-order valence-corrected chi connectivity index (χ3v) is 4.12. The lowest BCUT2D eigenvalue weighted by Crippen LogP contribution is -2.00. The number of rotatable bonds is 3. The Balaban J connectivity index is 1.70. The molecule has 0 saturated heterocycles. The highest BCUT2D eigenvalue weighted by molar-refractivity contribution is 5.73. The Bertz CT molecular complexity index is 909. The van der Waals surface area contributed by atoms with E-state index in [2.05, 4.69) is 34.3 Å². The molecule has 1 aromatic heterocycles. The molecular formula is C19H17N3O2. The summed E-state index contributed by atoms with van der Waals surface area (Å²) in [7, 11) is 0. The molecule has 5 nitrogen and oxygen atoms in total. The fourth-order valence-electron chi connectivity index (χ4n) is 2.80. The van der Waals surface area contributed by atoms with Gasteiger partial charge in [0.15, 0.2) is 11.5 Å². The number of nitrogens with one attached hydrogen (secondary N) is 1. The van der Waals surface area contributed by atoms with E-state index in [1.807, 2.05) is 37.3 Å². The molecule has 3 aromatic rings. The average molecular weight is 319 g/mol. The van der Waals surface area contributed by atoms with Gasteiger partial charge in [-0.25, -0.2) is 9.97 Å². The van der Waals surface area contributed by atoms with Gasteiger partial charge in [-0.05, 0) is 31.5 Å². The molecule has 2 heterocycles. The van der Waals surface area contributed by atoms with Crippen LogP contribution < -0.4 is 14.8 Å². The van der Waals surface area contributed by atoms with Crippen molar-refractivity contribution in [3.05, 3.63) is 59.9 Å². The van der Waals surface area contributed by atoms with Gasteiger partial charge in [-0.2, -0.15) is 0 Å². The molecule has 120 valence electrons. The molecule has 0 saturated carbocycles. The summed E-state index contributed by atoms with van der Waals surface area (Å²) >= 11 is 0. The van der Waals surface area contributed by atoms with Crippen LogP contribution in [0.4, 0.5) is 11.5 Å². The van der Waals surface area contributed by atoms with Crippen molar-refractivity contribution >= 4 is 11.5 Å². The summed E-state index contributed by atoms with van der Waals surface area (Å²) in [6.07, 6.45) is 1.59. The van der Waals surface area contributed by atoms with Crippen molar-refractivity contribution in [3.8, 4) is 22.8 Å². The number of benzene rings is 2. The van der Waals surface area contributed by atoms with Crippen LogP contribution in [0.1, 0.15) is 11.1 Å². The maximum Gasteiger partial charge on any atom is 0.231 e. The van der Waals surface area contributed by atoms with Gasteiger partial charge in [0.05, 0.1) is 5.69 Å². The standard InChI is InChI=1S/C19H17N3O2/c1-12-5-3-4-6-15(12)18-13(2)19(21-10-20-18)22-14-7-8-16-17(9-14)24-11-23-16/h3-10H,11H2,1-2H3,(H,20,21,22). The Morgan fingerprint density at radius 3 is 2.67 bits per heavy atom. The molecule has 1 aliphatic heterocycles. The SMILES string of the molecule is Cc1ccccc1-c1ncnc(Nc2ccc3c(c2)OCO3)c1C. The number of nitrogens with zero attached hydrogens (tertiary/aromatic N) is 2. The molecule has 24 heavy (non-hydrogen) atoms. The number of hydrogen-bond acceptors (Lipinski definition) is 5. The first kappa shape index (κ1) is 14.5. The minimum atomic E-state index is 0.267. The van der Waals surface area contributed by atoms with Crippen LogP contribution in [0.3, 0.4) is 0 Å². The Labute approximate surface area is 140 Å². The van der Waals surface area contributed by atoms with Crippen molar-refractivity contribution in [1.29, 1.82) is 0 Å². The third-order valence-electron chi connectivity index (χ3n) is 4.12. The molecule has 0 fully saturated rings. The van der Waals surface area contributed by atoms with Crippen LogP contribution in [0, 0.1) is 13.8 Å². The highest BCUT2D eigenvalue weighted by atomic mass is 16.7. The first-order valence-electron chi connectivity index (χ1n) is 7.76. The van der Waals surface area contributed by atoms with E-state index in [-0.39, 0.29) is 6.79 Å². The highest BCUT2D eigenvalue weighted by Crippen LogP contribution is 2.36. The fourth-order valence-corrected chi connectivity index (χ4v) is 2.80. The molecule has 0 radical (unpaired) electrons. The van der Waals surface area contributed by atoms with Gasteiger partial charge in [0.25, 0.3) is 0 Å². The lowest BCUT2D eigenvalue weighted by atomic mass is 10.0. The number of fused-ring (bicyclic) bond motifs is 1. The number of anilines is 2. The average Bonchev–Trinajstić information content (AvgIpc) is 3.05. The normalized spacial score (nSPS) is 12.2. The quantitative estimate of drug-likeness (QED) is 0.783. The van der Waals surface area contributed by atoms with E-state index >= 15 is 0 Å². The maximum absolute atomic E-state index is 5.42. The van der Waals surface area contributed by atoms with E-state index in [4.69, 9.17) is 9.47 Å². The van der Waals surface area contributed by atoms with Crippen molar-refractivity contribution in [2.45, 2.75) is 13.8 Å². The number of hydrogen-bond donors (Lipinski definition) is 1. The molecular weight excluding hydrogens is 302 g/mol. The van der Waals surface area contributed by atoms with Crippen LogP contribution >= 0.6 is 0 Å². The molecule has 0 aliphatic carbocycles. The van der Waals surface area contributed by atoms with Crippen molar-refractivity contribution in [3.63, 3.8) is 0 Å². The predicted molar refractivity (Wildman–Crippen MR) is 92.8 cm³/mol. The topological polar surface area (TPSA) is 56.3 Å². The first-order valence-corrected chi connectivity index (χ1v) is 7.76. The number of ether oxygens (including phenoxy) is 2. The Morgan fingerprint density at radius 2 is 1.79 bits per heavy atom. The lowest BCUT2D eigenvalue weighted by Gasteiger charge is -2.13. The van der Waals surface area contributed by atoms with Crippen molar-refractivity contribution in [1.82, 2.24) is 9.97 Å². The monoisotopic (exact) mass is 319 g/mol. The van der Waals surface area contributed by atoms with E-state index < -0.39 is 0 Å². The molecule has 0 amide bonds. The maximum atomic E-state index is 5.42. The predicted octanol–water partition coefficient (Wildman–Crippen LogP) is 4.23.